The Morgan fingerprint density at radius 1 is 1.17 bits per heavy atom. The summed E-state index contributed by atoms with van der Waals surface area (Å²) in [6, 6.07) is 8.07. The molecule has 23 heavy (non-hydrogen) atoms. The fourth-order valence-electron chi connectivity index (χ4n) is 2.30. The minimum absolute atomic E-state index is 0.0754. The first-order valence-electron chi connectivity index (χ1n) is 7.84. The first kappa shape index (κ1) is 19.2. The van der Waals surface area contributed by atoms with E-state index >= 15 is 0 Å². The second-order valence-corrected chi connectivity index (χ2v) is 6.33. The summed E-state index contributed by atoms with van der Waals surface area (Å²) >= 11 is 0. The summed E-state index contributed by atoms with van der Waals surface area (Å²) in [4.78, 5) is 25.5. The molecule has 0 bridgehead atoms. The number of nitrogens with zero attached hydrogens (tertiary/aromatic N) is 1. The second kappa shape index (κ2) is 8.67. The van der Waals surface area contributed by atoms with Crippen molar-refractivity contribution in [1.29, 1.82) is 0 Å². The lowest BCUT2D eigenvalue weighted by Crippen LogP contribution is -2.51. The van der Waals surface area contributed by atoms with E-state index in [1.165, 1.54) is 12.7 Å². The van der Waals surface area contributed by atoms with Gasteiger partial charge in [-0.3, -0.25) is 9.59 Å². The highest BCUT2D eigenvalue weighted by Gasteiger charge is 2.30. The molecule has 0 aliphatic heterocycles. The van der Waals surface area contributed by atoms with Gasteiger partial charge in [-0.15, -0.1) is 0 Å². The van der Waals surface area contributed by atoms with Crippen molar-refractivity contribution in [3.8, 4) is 0 Å². The van der Waals surface area contributed by atoms with Crippen molar-refractivity contribution >= 4 is 11.9 Å². The van der Waals surface area contributed by atoms with Crippen molar-refractivity contribution in [3.05, 3.63) is 35.4 Å². The lowest BCUT2D eigenvalue weighted by molar-refractivity contribution is -0.144. The Morgan fingerprint density at radius 2 is 1.78 bits per heavy atom. The summed E-state index contributed by atoms with van der Waals surface area (Å²) in [5, 5.41) is 9.54. The largest absolute Gasteiger partial charge is 0.469 e. The van der Waals surface area contributed by atoms with E-state index < -0.39 is 5.54 Å². The molecule has 0 atom stereocenters. The predicted octanol–water partition coefficient (Wildman–Crippen LogP) is 2.09. The third kappa shape index (κ3) is 6.02. The van der Waals surface area contributed by atoms with Crippen LogP contribution in [-0.4, -0.2) is 47.7 Å². The van der Waals surface area contributed by atoms with Crippen molar-refractivity contribution in [1.82, 2.24) is 4.90 Å². The first-order valence-corrected chi connectivity index (χ1v) is 7.84. The Bertz CT molecular complexity index is 522. The molecule has 5 heteroatoms. The molecule has 0 fully saturated rings. The summed E-state index contributed by atoms with van der Waals surface area (Å²) in [5.41, 5.74) is 1.57. The number of carbonyl (C=O) groups is 2. The molecule has 1 amide bonds. The number of hydrogen-bond donors (Lipinski definition) is 1. The first-order chi connectivity index (χ1) is 10.8. The summed E-state index contributed by atoms with van der Waals surface area (Å²) in [7, 11) is 1.32. The molecule has 5 nitrogen and oxygen atoms in total. The number of aryl methyl sites for hydroxylation is 2. The van der Waals surface area contributed by atoms with Crippen molar-refractivity contribution in [2.24, 2.45) is 0 Å². The van der Waals surface area contributed by atoms with Crippen LogP contribution in [0, 0.1) is 6.92 Å². The molecule has 0 radical (unpaired) electrons. The zero-order valence-corrected chi connectivity index (χ0v) is 14.5. The van der Waals surface area contributed by atoms with Gasteiger partial charge in [0.05, 0.1) is 25.7 Å². The highest BCUT2D eigenvalue weighted by Crippen LogP contribution is 2.17. The average molecular weight is 321 g/mol. The molecule has 0 aliphatic carbocycles. The lowest BCUT2D eigenvalue weighted by Gasteiger charge is -2.37. The number of methoxy groups -OCH3 is 1. The molecule has 0 saturated heterocycles. The molecule has 1 N–H and O–H groups in total. The van der Waals surface area contributed by atoms with Crippen LogP contribution in [-0.2, 0) is 20.7 Å². The van der Waals surface area contributed by atoms with Gasteiger partial charge in [0, 0.05) is 13.0 Å². The maximum absolute atomic E-state index is 12.6. The maximum Gasteiger partial charge on any atom is 0.307 e. The third-order valence-corrected chi connectivity index (χ3v) is 3.93. The van der Waals surface area contributed by atoms with Crippen molar-refractivity contribution in [2.75, 3.05) is 20.3 Å². The highest BCUT2D eigenvalue weighted by molar-refractivity contribution is 5.78. The topological polar surface area (TPSA) is 66.8 Å². The number of aliphatic hydroxyl groups is 1. The van der Waals surface area contributed by atoms with Gasteiger partial charge in [0.25, 0.3) is 0 Å². The van der Waals surface area contributed by atoms with Gasteiger partial charge in [-0.1, -0.05) is 29.8 Å². The second-order valence-electron chi connectivity index (χ2n) is 6.33. The van der Waals surface area contributed by atoms with Crippen molar-refractivity contribution in [2.45, 2.75) is 45.6 Å². The zero-order valence-electron chi connectivity index (χ0n) is 14.5. The normalized spacial score (nSPS) is 11.2. The van der Waals surface area contributed by atoms with Crippen LogP contribution in [0.4, 0.5) is 0 Å². The van der Waals surface area contributed by atoms with E-state index in [1.54, 1.807) is 18.7 Å². The van der Waals surface area contributed by atoms with Crippen LogP contribution in [0.5, 0.6) is 0 Å². The Hall–Kier alpha value is -1.88. The predicted molar refractivity (Wildman–Crippen MR) is 89.0 cm³/mol. The van der Waals surface area contributed by atoms with Gasteiger partial charge in [-0.2, -0.15) is 0 Å². The van der Waals surface area contributed by atoms with E-state index in [0.29, 0.717) is 12.8 Å². The number of aliphatic hydroxyl groups excluding tert-OH is 1. The van der Waals surface area contributed by atoms with Crippen LogP contribution < -0.4 is 0 Å². The number of carbonyl (C=O) groups excluding carboxylic acids is 2. The highest BCUT2D eigenvalue weighted by atomic mass is 16.5. The average Bonchev–Trinajstić information content (AvgIpc) is 2.54. The van der Waals surface area contributed by atoms with Crippen molar-refractivity contribution in [3.63, 3.8) is 0 Å². The Kier molecular flexibility index (Phi) is 7.23. The third-order valence-electron chi connectivity index (χ3n) is 3.93. The quantitative estimate of drug-likeness (QED) is 0.745. The molecule has 0 aromatic heterocycles. The summed E-state index contributed by atoms with van der Waals surface area (Å²) < 4.78 is 4.63. The molecule has 128 valence electrons. The SMILES string of the molecule is COC(=O)CCN(C(=O)CCc1ccc(C)cc1)C(C)(C)CO. The smallest absolute Gasteiger partial charge is 0.307 e. The zero-order chi connectivity index (χ0) is 17.5. The van der Waals surface area contributed by atoms with Gasteiger partial charge in [0.1, 0.15) is 0 Å². The molecule has 0 spiro atoms. The lowest BCUT2D eigenvalue weighted by atomic mass is 10.0. The van der Waals surface area contributed by atoms with Gasteiger partial charge in [-0.05, 0) is 32.8 Å². The van der Waals surface area contributed by atoms with Gasteiger partial charge in [0.2, 0.25) is 5.91 Å². The fraction of sp³-hybridized carbons (Fsp3) is 0.556. The van der Waals surface area contributed by atoms with E-state index in [2.05, 4.69) is 4.74 Å². The number of esters is 1. The Labute approximate surface area is 138 Å². The maximum atomic E-state index is 12.6. The van der Waals surface area contributed by atoms with Gasteiger partial charge in [0.15, 0.2) is 0 Å². The molecule has 0 aliphatic rings. The number of ether oxygens (including phenoxy) is 1. The number of hydrogen-bond acceptors (Lipinski definition) is 4. The van der Waals surface area contributed by atoms with Gasteiger partial charge in [-0.25, -0.2) is 0 Å². The number of amides is 1. The number of rotatable bonds is 8. The molecular weight excluding hydrogens is 294 g/mol. The molecular formula is C18H27NO4. The Morgan fingerprint density at radius 3 is 2.30 bits per heavy atom. The minimum atomic E-state index is -0.710. The van der Waals surface area contributed by atoms with Crippen LogP contribution >= 0.6 is 0 Å². The Balaban J connectivity index is 2.70. The van der Waals surface area contributed by atoms with E-state index in [9.17, 15) is 14.7 Å². The van der Waals surface area contributed by atoms with Crippen LogP contribution in [0.2, 0.25) is 0 Å². The summed E-state index contributed by atoms with van der Waals surface area (Å²) in [6.07, 6.45) is 1.10. The van der Waals surface area contributed by atoms with Gasteiger partial charge >= 0.3 is 5.97 Å². The summed E-state index contributed by atoms with van der Waals surface area (Å²) in [6.45, 7) is 5.67. The molecule has 0 saturated carbocycles. The fourth-order valence-corrected chi connectivity index (χ4v) is 2.30. The number of benzene rings is 1. The minimum Gasteiger partial charge on any atom is -0.469 e. The van der Waals surface area contributed by atoms with E-state index in [-0.39, 0.29) is 31.4 Å². The van der Waals surface area contributed by atoms with Crippen LogP contribution in [0.25, 0.3) is 0 Å². The van der Waals surface area contributed by atoms with Crippen LogP contribution in [0.15, 0.2) is 24.3 Å². The van der Waals surface area contributed by atoms with E-state index in [4.69, 9.17) is 0 Å². The van der Waals surface area contributed by atoms with Crippen molar-refractivity contribution < 1.29 is 19.4 Å². The van der Waals surface area contributed by atoms with E-state index in [1.807, 2.05) is 31.2 Å². The monoisotopic (exact) mass is 321 g/mol. The molecule has 1 aromatic rings. The summed E-state index contributed by atoms with van der Waals surface area (Å²) in [5.74, 6) is -0.441. The molecule has 0 heterocycles. The molecule has 1 rings (SSSR count). The van der Waals surface area contributed by atoms with Crippen LogP contribution in [0.3, 0.4) is 0 Å². The standard InChI is InChI=1S/C18H27NO4/c1-14-5-7-15(8-6-14)9-10-16(21)19(18(2,3)13-20)12-11-17(22)23-4/h5-8,20H,9-13H2,1-4H3. The van der Waals surface area contributed by atoms with Gasteiger partial charge < -0.3 is 14.7 Å². The van der Waals surface area contributed by atoms with Crippen LogP contribution in [0.1, 0.15) is 37.8 Å². The molecule has 0 unspecified atom stereocenters. The van der Waals surface area contributed by atoms with E-state index in [0.717, 1.165) is 5.56 Å². The molecule has 1 aromatic carbocycles.